The maximum atomic E-state index is 5.67. The molecule has 0 spiro atoms. The first-order valence-electron chi connectivity index (χ1n) is 4.52. The van der Waals surface area contributed by atoms with E-state index in [4.69, 9.17) is 16.3 Å². The molecule has 12 heavy (non-hydrogen) atoms. The Kier molecular flexibility index (Phi) is 10.2. The minimum atomic E-state index is 0.628. The minimum Gasteiger partial charge on any atom is -0.381 e. The third-order valence-electron chi connectivity index (χ3n) is 1.39. The summed E-state index contributed by atoms with van der Waals surface area (Å²) in [6, 6.07) is 0. The summed E-state index contributed by atoms with van der Waals surface area (Å²) in [6.07, 6.45) is 1.11. The lowest BCUT2D eigenvalue weighted by molar-refractivity contribution is 0.151. The highest BCUT2D eigenvalue weighted by molar-refractivity contribution is 7.99. The number of rotatable bonds is 8. The number of hydrogen-bond acceptors (Lipinski definition) is 2. The molecule has 0 radical (unpaired) electrons. The fraction of sp³-hybridized carbons (Fsp3) is 1.00. The fourth-order valence-electron chi connectivity index (χ4n) is 0.693. The molecule has 74 valence electrons. The molecule has 0 saturated heterocycles. The first-order chi connectivity index (χ1) is 5.81. The van der Waals surface area contributed by atoms with Gasteiger partial charge in [-0.25, -0.2) is 0 Å². The van der Waals surface area contributed by atoms with Crippen LogP contribution in [0, 0.1) is 5.92 Å². The topological polar surface area (TPSA) is 9.23 Å². The van der Waals surface area contributed by atoms with Crippen molar-refractivity contribution < 1.29 is 4.74 Å². The van der Waals surface area contributed by atoms with E-state index in [0.717, 1.165) is 37.0 Å². The number of alkyl halides is 1. The van der Waals surface area contributed by atoms with E-state index in [9.17, 15) is 0 Å². The van der Waals surface area contributed by atoms with Gasteiger partial charge in [0, 0.05) is 18.2 Å². The Hall–Kier alpha value is 0.600. The van der Waals surface area contributed by atoms with E-state index in [-0.39, 0.29) is 0 Å². The van der Waals surface area contributed by atoms with E-state index >= 15 is 0 Å². The molecule has 0 heterocycles. The Labute approximate surface area is 85.2 Å². The zero-order chi connectivity index (χ0) is 9.23. The molecule has 0 fully saturated rings. The average molecular weight is 211 g/mol. The van der Waals surface area contributed by atoms with E-state index in [2.05, 4.69) is 13.8 Å². The van der Waals surface area contributed by atoms with Gasteiger partial charge in [-0.3, -0.25) is 0 Å². The molecule has 0 aliphatic carbocycles. The zero-order valence-electron chi connectivity index (χ0n) is 8.01. The van der Waals surface area contributed by atoms with Crippen LogP contribution in [0.5, 0.6) is 0 Å². The van der Waals surface area contributed by atoms with Gasteiger partial charge in [0.15, 0.2) is 0 Å². The van der Waals surface area contributed by atoms with Crippen molar-refractivity contribution in [3.63, 3.8) is 0 Å². The molecule has 0 N–H and O–H groups in total. The summed E-state index contributed by atoms with van der Waals surface area (Å²) in [7, 11) is 0. The summed E-state index contributed by atoms with van der Waals surface area (Å²) in [5.41, 5.74) is 0. The van der Waals surface area contributed by atoms with Crippen LogP contribution in [0.25, 0.3) is 0 Å². The Bertz CT molecular complexity index is 90.6. The zero-order valence-corrected chi connectivity index (χ0v) is 9.59. The molecule has 0 rings (SSSR count). The average Bonchev–Trinajstić information content (AvgIpc) is 2.10. The quantitative estimate of drug-likeness (QED) is 0.450. The van der Waals surface area contributed by atoms with Crippen LogP contribution in [0.3, 0.4) is 0 Å². The van der Waals surface area contributed by atoms with Gasteiger partial charge in [0.25, 0.3) is 0 Å². The Morgan fingerprint density at radius 2 is 2.17 bits per heavy atom. The lowest BCUT2D eigenvalue weighted by Gasteiger charge is -2.06. The van der Waals surface area contributed by atoms with Crippen LogP contribution >= 0.6 is 23.4 Å². The fourth-order valence-corrected chi connectivity index (χ4v) is 1.85. The van der Waals surface area contributed by atoms with Crippen LogP contribution < -0.4 is 0 Å². The third kappa shape index (κ3) is 8.69. The molecule has 0 aromatic carbocycles. The van der Waals surface area contributed by atoms with Crippen molar-refractivity contribution >= 4 is 23.4 Å². The summed E-state index contributed by atoms with van der Waals surface area (Å²) in [5.74, 6) is 3.64. The third-order valence-corrected chi connectivity index (χ3v) is 3.17. The Balaban J connectivity index is 2.90. The molecule has 0 amide bonds. The SMILES string of the molecule is CCCOCCSCC(C)CCl. The second kappa shape index (κ2) is 9.69. The first-order valence-corrected chi connectivity index (χ1v) is 6.21. The van der Waals surface area contributed by atoms with Crippen LogP contribution in [0.15, 0.2) is 0 Å². The van der Waals surface area contributed by atoms with Gasteiger partial charge in [-0.15, -0.1) is 11.6 Å². The Morgan fingerprint density at radius 3 is 2.75 bits per heavy atom. The highest BCUT2D eigenvalue weighted by atomic mass is 35.5. The minimum absolute atomic E-state index is 0.628. The number of hydrogen-bond donors (Lipinski definition) is 0. The molecule has 1 unspecified atom stereocenters. The highest BCUT2D eigenvalue weighted by Crippen LogP contribution is 2.09. The van der Waals surface area contributed by atoms with Crippen molar-refractivity contribution in [3.8, 4) is 0 Å². The van der Waals surface area contributed by atoms with Gasteiger partial charge in [-0.05, 0) is 18.1 Å². The number of halogens is 1. The molecule has 1 atom stereocenters. The summed E-state index contributed by atoms with van der Waals surface area (Å²) in [4.78, 5) is 0. The van der Waals surface area contributed by atoms with Crippen molar-refractivity contribution in [2.24, 2.45) is 5.92 Å². The lowest BCUT2D eigenvalue weighted by atomic mass is 10.3. The largest absolute Gasteiger partial charge is 0.381 e. The smallest absolute Gasteiger partial charge is 0.0556 e. The molecular weight excluding hydrogens is 192 g/mol. The summed E-state index contributed by atoms with van der Waals surface area (Å²) in [6.45, 7) is 6.08. The Morgan fingerprint density at radius 1 is 1.42 bits per heavy atom. The lowest BCUT2D eigenvalue weighted by Crippen LogP contribution is -2.03. The second-order valence-electron chi connectivity index (χ2n) is 2.95. The predicted octanol–water partition coefficient (Wildman–Crippen LogP) is 3.02. The van der Waals surface area contributed by atoms with Crippen molar-refractivity contribution in [2.75, 3.05) is 30.6 Å². The van der Waals surface area contributed by atoms with E-state index in [1.54, 1.807) is 0 Å². The van der Waals surface area contributed by atoms with Crippen LogP contribution in [0.4, 0.5) is 0 Å². The number of thioether (sulfide) groups is 1. The monoisotopic (exact) mass is 210 g/mol. The molecule has 1 nitrogen and oxygen atoms in total. The van der Waals surface area contributed by atoms with E-state index in [0.29, 0.717) is 5.92 Å². The van der Waals surface area contributed by atoms with Gasteiger partial charge in [-0.1, -0.05) is 13.8 Å². The molecule has 0 aliphatic heterocycles. The van der Waals surface area contributed by atoms with Crippen LogP contribution in [0.2, 0.25) is 0 Å². The molecule has 0 aromatic rings. The van der Waals surface area contributed by atoms with E-state index in [1.807, 2.05) is 11.8 Å². The molecule has 0 aliphatic rings. The first kappa shape index (κ1) is 12.6. The van der Waals surface area contributed by atoms with Gasteiger partial charge in [-0.2, -0.15) is 11.8 Å². The van der Waals surface area contributed by atoms with Gasteiger partial charge in [0.1, 0.15) is 0 Å². The van der Waals surface area contributed by atoms with Gasteiger partial charge in [0.05, 0.1) is 6.61 Å². The van der Waals surface area contributed by atoms with Crippen molar-refractivity contribution in [1.29, 1.82) is 0 Å². The van der Waals surface area contributed by atoms with E-state index < -0.39 is 0 Å². The molecule has 3 heteroatoms. The van der Waals surface area contributed by atoms with Crippen molar-refractivity contribution in [2.45, 2.75) is 20.3 Å². The van der Waals surface area contributed by atoms with Gasteiger partial charge >= 0.3 is 0 Å². The molecule has 0 aromatic heterocycles. The van der Waals surface area contributed by atoms with Crippen LogP contribution in [0.1, 0.15) is 20.3 Å². The molecular formula is C9H19ClOS. The molecule has 0 bridgehead atoms. The highest BCUT2D eigenvalue weighted by Gasteiger charge is 1.98. The number of ether oxygens (including phenoxy) is 1. The predicted molar refractivity (Wildman–Crippen MR) is 58.3 cm³/mol. The summed E-state index contributed by atoms with van der Waals surface area (Å²) < 4.78 is 5.34. The van der Waals surface area contributed by atoms with Crippen LogP contribution in [-0.2, 0) is 4.74 Å². The maximum Gasteiger partial charge on any atom is 0.0556 e. The van der Waals surface area contributed by atoms with Crippen LogP contribution in [-0.4, -0.2) is 30.6 Å². The van der Waals surface area contributed by atoms with Crippen molar-refractivity contribution in [1.82, 2.24) is 0 Å². The van der Waals surface area contributed by atoms with E-state index in [1.165, 1.54) is 0 Å². The maximum absolute atomic E-state index is 5.67. The normalized spacial score (nSPS) is 13.2. The summed E-state index contributed by atoms with van der Waals surface area (Å²) >= 11 is 7.60. The van der Waals surface area contributed by atoms with Gasteiger partial charge in [0.2, 0.25) is 0 Å². The molecule has 0 saturated carbocycles. The standard InChI is InChI=1S/C9H19ClOS/c1-3-4-11-5-6-12-8-9(2)7-10/h9H,3-8H2,1-2H3. The summed E-state index contributed by atoms with van der Waals surface area (Å²) in [5, 5.41) is 0. The van der Waals surface area contributed by atoms with Crippen molar-refractivity contribution in [3.05, 3.63) is 0 Å². The van der Waals surface area contributed by atoms with Gasteiger partial charge < -0.3 is 4.74 Å². The second-order valence-corrected chi connectivity index (χ2v) is 4.41.